The molecule has 17 heavy (non-hydrogen) atoms. The molecule has 0 spiro atoms. The van der Waals surface area contributed by atoms with E-state index in [2.05, 4.69) is 48.9 Å². The van der Waals surface area contributed by atoms with Crippen LogP contribution in [0.1, 0.15) is 33.3 Å². The van der Waals surface area contributed by atoms with E-state index >= 15 is 0 Å². The second-order valence-electron chi connectivity index (χ2n) is 5.42. The summed E-state index contributed by atoms with van der Waals surface area (Å²) in [7, 11) is 0. The predicted molar refractivity (Wildman–Crippen MR) is 74.7 cm³/mol. The summed E-state index contributed by atoms with van der Waals surface area (Å²) in [5, 5.41) is 3.43. The summed E-state index contributed by atoms with van der Waals surface area (Å²) in [5.74, 6) is -0.133. The van der Waals surface area contributed by atoms with Gasteiger partial charge in [-0.15, -0.1) is 0 Å². The summed E-state index contributed by atoms with van der Waals surface area (Å²) in [5.41, 5.74) is 0.893. The van der Waals surface area contributed by atoms with Crippen LogP contribution in [0.2, 0.25) is 0 Å². The molecule has 0 saturated carbocycles. The van der Waals surface area contributed by atoms with Gasteiger partial charge in [0.2, 0.25) is 0 Å². The second-order valence-corrected chi connectivity index (χ2v) is 6.33. The summed E-state index contributed by atoms with van der Waals surface area (Å²) in [6, 6.07) is 5.56. The number of likely N-dealkylation sites (N-methyl/N-ethyl adjacent to an activating group) is 1. The third-order valence-corrected chi connectivity index (χ3v) is 3.43. The first-order valence-corrected chi connectivity index (χ1v) is 6.81. The van der Waals surface area contributed by atoms with Crippen LogP contribution in [-0.2, 0) is 6.42 Å². The molecule has 1 N–H and O–H groups in total. The van der Waals surface area contributed by atoms with Crippen LogP contribution in [0.25, 0.3) is 0 Å². The Kier molecular flexibility index (Phi) is 5.14. The van der Waals surface area contributed by atoms with Crippen LogP contribution in [0.3, 0.4) is 0 Å². The van der Waals surface area contributed by atoms with Crippen molar-refractivity contribution < 1.29 is 4.39 Å². The van der Waals surface area contributed by atoms with E-state index in [1.54, 1.807) is 0 Å². The van der Waals surface area contributed by atoms with Gasteiger partial charge in [-0.1, -0.05) is 49.7 Å². The van der Waals surface area contributed by atoms with Gasteiger partial charge in [-0.25, -0.2) is 4.39 Å². The Morgan fingerprint density at radius 3 is 2.47 bits per heavy atom. The zero-order valence-corrected chi connectivity index (χ0v) is 12.6. The highest BCUT2D eigenvalue weighted by atomic mass is 79.9. The normalized spacial score (nSPS) is 13.8. The molecule has 1 atom stereocenters. The lowest BCUT2D eigenvalue weighted by Gasteiger charge is -2.31. The minimum atomic E-state index is -0.133. The maximum atomic E-state index is 13.8. The predicted octanol–water partition coefficient (Wildman–Crippen LogP) is 4.15. The van der Waals surface area contributed by atoms with Crippen LogP contribution < -0.4 is 5.32 Å². The van der Waals surface area contributed by atoms with Gasteiger partial charge in [-0.05, 0) is 36.1 Å². The Morgan fingerprint density at radius 1 is 1.35 bits per heavy atom. The zero-order chi connectivity index (χ0) is 13.1. The molecule has 1 unspecified atom stereocenters. The summed E-state index contributed by atoms with van der Waals surface area (Å²) in [6.45, 7) is 9.52. The fourth-order valence-corrected chi connectivity index (χ4v) is 2.17. The average molecular weight is 302 g/mol. The zero-order valence-electron chi connectivity index (χ0n) is 11.0. The van der Waals surface area contributed by atoms with Crippen LogP contribution in [0.5, 0.6) is 0 Å². The molecule has 0 amide bonds. The van der Waals surface area contributed by atoms with E-state index in [0.717, 1.165) is 23.0 Å². The molecule has 1 aromatic rings. The van der Waals surface area contributed by atoms with Gasteiger partial charge in [0, 0.05) is 10.5 Å². The second kappa shape index (κ2) is 5.96. The van der Waals surface area contributed by atoms with Gasteiger partial charge in [0.05, 0.1) is 0 Å². The van der Waals surface area contributed by atoms with Gasteiger partial charge in [-0.3, -0.25) is 0 Å². The molecule has 0 fully saturated rings. The van der Waals surface area contributed by atoms with Crippen molar-refractivity contribution in [2.75, 3.05) is 6.54 Å². The van der Waals surface area contributed by atoms with E-state index in [0.29, 0.717) is 0 Å². The number of nitrogens with one attached hydrogen (secondary N) is 1. The van der Waals surface area contributed by atoms with Crippen molar-refractivity contribution in [1.82, 2.24) is 5.32 Å². The Balaban J connectivity index is 2.86. The molecular weight excluding hydrogens is 281 g/mol. The van der Waals surface area contributed by atoms with Gasteiger partial charge in [0.15, 0.2) is 0 Å². The molecule has 0 radical (unpaired) electrons. The molecule has 1 nitrogen and oxygen atoms in total. The first-order valence-electron chi connectivity index (χ1n) is 6.02. The molecule has 1 rings (SSSR count). The number of halogens is 2. The van der Waals surface area contributed by atoms with Gasteiger partial charge < -0.3 is 5.32 Å². The lowest BCUT2D eigenvalue weighted by molar-refractivity contribution is 0.268. The first-order chi connectivity index (χ1) is 7.84. The molecule has 0 aliphatic heterocycles. The maximum Gasteiger partial charge on any atom is 0.127 e. The first kappa shape index (κ1) is 14.7. The van der Waals surface area contributed by atoms with Crippen LogP contribution in [-0.4, -0.2) is 12.6 Å². The highest BCUT2D eigenvalue weighted by Gasteiger charge is 2.24. The third-order valence-electron chi connectivity index (χ3n) is 2.94. The van der Waals surface area contributed by atoms with Gasteiger partial charge in [-0.2, -0.15) is 0 Å². The third kappa shape index (κ3) is 4.40. The van der Waals surface area contributed by atoms with Crippen LogP contribution in [0, 0.1) is 11.2 Å². The quantitative estimate of drug-likeness (QED) is 0.881. The van der Waals surface area contributed by atoms with Crippen LogP contribution in [0.4, 0.5) is 4.39 Å². The molecule has 0 bridgehead atoms. The fourth-order valence-electron chi connectivity index (χ4n) is 1.84. The maximum absolute atomic E-state index is 13.8. The molecule has 1 aromatic carbocycles. The fraction of sp³-hybridized carbons (Fsp3) is 0.571. The van der Waals surface area contributed by atoms with Crippen molar-refractivity contribution in [3.63, 3.8) is 0 Å². The van der Waals surface area contributed by atoms with Crippen molar-refractivity contribution in [1.29, 1.82) is 0 Å². The molecule has 3 heteroatoms. The molecule has 0 heterocycles. The number of benzene rings is 1. The summed E-state index contributed by atoms with van der Waals surface area (Å²) in [4.78, 5) is 0. The summed E-state index contributed by atoms with van der Waals surface area (Å²) < 4.78 is 14.6. The molecule has 96 valence electrons. The number of hydrogen-bond acceptors (Lipinski definition) is 1. The van der Waals surface area contributed by atoms with Crippen molar-refractivity contribution in [3.05, 3.63) is 34.1 Å². The standard InChI is InChI=1S/C14H21BrFN/c1-5-17-13(14(2,3)4)8-10-6-7-11(15)9-12(10)16/h6-7,9,13,17H,5,8H2,1-4H3. The van der Waals surface area contributed by atoms with E-state index in [1.165, 1.54) is 6.07 Å². The molecule has 0 aliphatic carbocycles. The smallest absolute Gasteiger partial charge is 0.127 e. The van der Waals surface area contributed by atoms with Crippen molar-refractivity contribution in [2.24, 2.45) is 5.41 Å². The molecular formula is C14H21BrFN. The minimum Gasteiger partial charge on any atom is -0.313 e. The molecule has 0 saturated heterocycles. The Morgan fingerprint density at radius 2 is 2.00 bits per heavy atom. The molecule has 0 aliphatic rings. The van der Waals surface area contributed by atoms with Crippen LogP contribution >= 0.6 is 15.9 Å². The Bertz CT molecular complexity index is 371. The van der Waals surface area contributed by atoms with E-state index in [1.807, 2.05) is 12.1 Å². The number of hydrogen-bond donors (Lipinski definition) is 1. The SMILES string of the molecule is CCNC(Cc1ccc(Br)cc1F)C(C)(C)C. The van der Waals surface area contributed by atoms with E-state index in [-0.39, 0.29) is 17.3 Å². The van der Waals surface area contributed by atoms with Gasteiger partial charge in [0.1, 0.15) is 5.82 Å². The van der Waals surface area contributed by atoms with Crippen molar-refractivity contribution in [2.45, 2.75) is 40.2 Å². The van der Waals surface area contributed by atoms with E-state index in [4.69, 9.17) is 0 Å². The highest BCUT2D eigenvalue weighted by molar-refractivity contribution is 9.10. The Hall–Kier alpha value is -0.410. The average Bonchev–Trinajstić information content (AvgIpc) is 2.19. The Labute approximate surface area is 112 Å². The molecule has 0 aromatic heterocycles. The van der Waals surface area contributed by atoms with Crippen molar-refractivity contribution >= 4 is 15.9 Å². The van der Waals surface area contributed by atoms with E-state index < -0.39 is 0 Å². The number of rotatable bonds is 4. The van der Waals surface area contributed by atoms with Crippen molar-refractivity contribution in [3.8, 4) is 0 Å². The highest BCUT2D eigenvalue weighted by Crippen LogP contribution is 2.24. The van der Waals surface area contributed by atoms with E-state index in [9.17, 15) is 4.39 Å². The lowest BCUT2D eigenvalue weighted by Crippen LogP contribution is -2.42. The topological polar surface area (TPSA) is 12.0 Å². The lowest BCUT2D eigenvalue weighted by atomic mass is 9.83. The summed E-state index contributed by atoms with van der Waals surface area (Å²) in [6.07, 6.45) is 0.719. The largest absolute Gasteiger partial charge is 0.313 e. The van der Waals surface area contributed by atoms with Crippen LogP contribution in [0.15, 0.2) is 22.7 Å². The monoisotopic (exact) mass is 301 g/mol. The minimum absolute atomic E-state index is 0.121. The summed E-state index contributed by atoms with van der Waals surface area (Å²) >= 11 is 3.28. The van der Waals surface area contributed by atoms with Gasteiger partial charge >= 0.3 is 0 Å². The van der Waals surface area contributed by atoms with Gasteiger partial charge in [0.25, 0.3) is 0 Å².